The van der Waals surface area contributed by atoms with Crippen LogP contribution in [0.5, 0.6) is 0 Å². The minimum absolute atomic E-state index is 0.0288. The molecule has 7 nitrogen and oxygen atoms in total. The second-order valence-corrected chi connectivity index (χ2v) is 9.92. The zero-order valence-electron chi connectivity index (χ0n) is 21.8. The highest BCUT2D eigenvalue weighted by Gasteiger charge is 2.26. The van der Waals surface area contributed by atoms with Gasteiger partial charge < -0.3 is 24.6 Å². The fourth-order valence-corrected chi connectivity index (χ4v) is 3.66. The molecule has 1 rings (SSSR count). The van der Waals surface area contributed by atoms with Gasteiger partial charge in [0.15, 0.2) is 0 Å². The van der Waals surface area contributed by atoms with Crippen molar-refractivity contribution in [1.29, 1.82) is 0 Å². The Kier molecular flexibility index (Phi) is 13.2. The Balaban J connectivity index is 2.79. The maximum absolute atomic E-state index is 12.4. The van der Waals surface area contributed by atoms with Crippen molar-refractivity contribution in [1.82, 2.24) is 4.90 Å². The lowest BCUT2D eigenvalue weighted by molar-refractivity contribution is -0.151. The van der Waals surface area contributed by atoms with Crippen molar-refractivity contribution in [2.45, 2.75) is 91.0 Å². The molecule has 1 aliphatic heterocycles. The molecule has 0 aliphatic carbocycles. The molecule has 0 spiro atoms. The number of carbonyl (C=O) groups excluding carboxylic acids is 2. The zero-order valence-corrected chi connectivity index (χ0v) is 21.8. The quantitative estimate of drug-likeness (QED) is 0.295. The van der Waals surface area contributed by atoms with Gasteiger partial charge in [-0.05, 0) is 45.1 Å². The van der Waals surface area contributed by atoms with Gasteiger partial charge in [0.25, 0.3) is 0 Å². The Bertz CT molecular complexity index is 727. The summed E-state index contributed by atoms with van der Waals surface area (Å²) in [6.07, 6.45) is 11.1. The molecule has 7 heteroatoms. The maximum Gasteiger partial charge on any atom is 0.409 e. The summed E-state index contributed by atoms with van der Waals surface area (Å²) in [6, 6.07) is 0. The molecule has 1 amide bonds. The molecule has 0 aromatic heterocycles. The van der Waals surface area contributed by atoms with E-state index in [4.69, 9.17) is 9.47 Å². The van der Waals surface area contributed by atoms with E-state index >= 15 is 0 Å². The van der Waals surface area contributed by atoms with E-state index in [0.717, 1.165) is 18.4 Å². The van der Waals surface area contributed by atoms with E-state index in [1.165, 1.54) is 0 Å². The number of ether oxygens (including phenoxy) is 2. The van der Waals surface area contributed by atoms with E-state index in [-0.39, 0.29) is 31.0 Å². The first-order valence-corrected chi connectivity index (χ1v) is 12.4. The van der Waals surface area contributed by atoms with Crippen LogP contribution in [0.25, 0.3) is 0 Å². The standard InChI is InChI=1S/C27H45NO6/c1-7-8-17-28(6)26(31)33-19-20(2)11-9-12-21(3)25-22(4)13-10-15-27(5,32)16-14-23(29)18-24(30)34-25/h9-13,20,22-23,25,29,32H,7-8,14-19H2,1-6H3/b11-9+,13-10+,21-12+/t20-,22+,23-,25-,27+/m1/s1. The number of cyclic esters (lactones) is 1. The summed E-state index contributed by atoms with van der Waals surface area (Å²) in [7, 11) is 1.74. The SMILES string of the molecule is CCCCN(C)C(=O)OC[C@H](C)/C=C/C=C(\C)[C@H]1OC(=O)C[C@H](O)CC[C@@](C)(O)C/C=C/[C@@H]1C. The molecule has 0 radical (unpaired) electrons. The van der Waals surface area contributed by atoms with Crippen molar-refractivity contribution in [2.24, 2.45) is 11.8 Å². The molecule has 5 atom stereocenters. The lowest BCUT2D eigenvalue weighted by Crippen LogP contribution is -2.30. The molecule has 0 saturated carbocycles. The zero-order chi connectivity index (χ0) is 25.7. The Hall–Kier alpha value is -2.12. The van der Waals surface area contributed by atoms with Crippen LogP contribution in [0.4, 0.5) is 4.79 Å². The van der Waals surface area contributed by atoms with Gasteiger partial charge in [-0.2, -0.15) is 0 Å². The minimum Gasteiger partial charge on any atom is -0.457 e. The summed E-state index contributed by atoms with van der Waals surface area (Å²) in [6.45, 7) is 10.6. The summed E-state index contributed by atoms with van der Waals surface area (Å²) in [5.74, 6) is -0.527. The van der Waals surface area contributed by atoms with Crippen LogP contribution >= 0.6 is 0 Å². The number of rotatable bonds is 8. The van der Waals surface area contributed by atoms with Gasteiger partial charge in [0.05, 0.1) is 24.7 Å². The second-order valence-electron chi connectivity index (χ2n) is 9.92. The van der Waals surface area contributed by atoms with E-state index < -0.39 is 23.8 Å². The molecule has 0 saturated heterocycles. The number of unbranched alkanes of at least 4 members (excludes halogenated alkanes) is 1. The second kappa shape index (κ2) is 15.0. The molecule has 1 heterocycles. The highest BCUT2D eigenvalue weighted by molar-refractivity contribution is 5.70. The van der Waals surface area contributed by atoms with E-state index in [1.807, 2.05) is 51.2 Å². The number of aliphatic hydroxyl groups is 2. The Morgan fingerprint density at radius 1 is 1.44 bits per heavy atom. The summed E-state index contributed by atoms with van der Waals surface area (Å²) < 4.78 is 11.1. The molecule has 1 aliphatic rings. The first kappa shape index (κ1) is 29.9. The fourth-order valence-electron chi connectivity index (χ4n) is 3.66. The lowest BCUT2D eigenvalue weighted by Gasteiger charge is -2.27. The third-order valence-corrected chi connectivity index (χ3v) is 6.03. The minimum atomic E-state index is -0.923. The Labute approximate surface area is 205 Å². The number of amides is 1. The molecule has 0 aromatic rings. The Morgan fingerprint density at radius 2 is 2.15 bits per heavy atom. The molecule has 0 unspecified atom stereocenters. The van der Waals surface area contributed by atoms with Crippen LogP contribution in [0.3, 0.4) is 0 Å². The van der Waals surface area contributed by atoms with E-state index in [0.29, 0.717) is 25.8 Å². The lowest BCUT2D eigenvalue weighted by atomic mass is 9.91. The molecular weight excluding hydrogens is 434 g/mol. The predicted molar refractivity (Wildman–Crippen MR) is 134 cm³/mol. The van der Waals surface area contributed by atoms with Crippen LogP contribution in [-0.2, 0) is 14.3 Å². The number of allylic oxidation sites excluding steroid dienone is 2. The van der Waals surface area contributed by atoms with Crippen LogP contribution in [0.1, 0.15) is 73.1 Å². The van der Waals surface area contributed by atoms with Gasteiger partial charge in [-0.25, -0.2) is 4.79 Å². The van der Waals surface area contributed by atoms with Crippen molar-refractivity contribution in [3.8, 4) is 0 Å². The van der Waals surface area contributed by atoms with E-state index in [1.54, 1.807) is 18.9 Å². The van der Waals surface area contributed by atoms with Gasteiger partial charge in [0.2, 0.25) is 0 Å². The van der Waals surface area contributed by atoms with Crippen molar-refractivity contribution in [3.05, 3.63) is 36.0 Å². The average molecular weight is 480 g/mol. The fraction of sp³-hybridized carbons (Fsp3) is 0.704. The molecule has 0 aromatic carbocycles. The van der Waals surface area contributed by atoms with Gasteiger partial charge in [0, 0.05) is 25.4 Å². The number of esters is 1. The monoisotopic (exact) mass is 479 g/mol. The number of nitrogens with zero attached hydrogens (tertiary/aromatic N) is 1. The van der Waals surface area contributed by atoms with Crippen molar-refractivity contribution in [2.75, 3.05) is 20.2 Å². The Morgan fingerprint density at radius 3 is 2.82 bits per heavy atom. The number of carbonyl (C=O) groups is 2. The number of hydrogen-bond acceptors (Lipinski definition) is 6. The van der Waals surface area contributed by atoms with Gasteiger partial charge in [-0.15, -0.1) is 0 Å². The van der Waals surface area contributed by atoms with Crippen LogP contribution in [0, 0.1) is 11.8 Å². The normalized spacial score (nSPS) is 29.0. The van der Waals surface area contributed by atoms with Gasteiger partial charge in [-0.3, -0.25) is 4.79 Å². The number of hydrogen-bond donors (Lipinski definition) is 2. The molecule has 0 fully saturated rings. The van der Waals surface area contributed by atoms with Crippen LogP contribution in [0.2, 0.25) is 0 Å². The first-order valence-electron chi connectivity index (χ1n) is 12.4. The van der Waals surface area contributed by atoms with E-state index in [9.17, 15) is 19.8 Å². The van der Waals surface area contributed by atoms with Crippen molar-refractivity contribution >= 4 is 12.1 Å². The maximum atomic E-state index is 12.4. The van der Waals surface area contributed by atoms with Crippen LogP contribution in [0.15, 0.2) is 36.0 Å². The highest BCUT2D eigenvalue weighted by atomic mass is 16.6. The largest absolute Gasteiger partial charge is 0.457 e. The van der Waals surface area contributed by atoms with Gasteiger partial charge in [-0.1, -0.05) is 57.6 Å². The van der Waals surface area contributed by atoms with Gasteiger partial charge >= 0.3 is 12.1 Å². The third-order valence-electron chi connectivity index (χ3n) is 6.03. The van der Waals surface area contributed by atoms with Crippen molar-refractivity contribution < 1.29 is 29.3 Å². The average Bonchev–Trinajstić information content (AvgIpc) is 2.77. The van der Waals surface area contributed by atoms with Crippen LogP contribution < -0.4 is 0 Å². The molecule has 0 bridgehead atoms. The summed E-state index contributed by atoms with van der Waals surface area (Å²) >= 11 is 0. The third kappa shape index (κ3) is 11.8. The topological polar surface area (TPSA) is 96.3 Å². The summed E-state index contributed by atoms with van der Waals surface area (Å²) in [5.41, 5.74) is -0.0584. The van der Waals surface area contributed by atoms with Crippen LogP contribution in [-0.4, -0.2) is 65.2 Å². The summed E-state index contributed by atoms with van der Waals surface area (Å²) in [5, 5.41) is 20.6. The molecule has 34 heavy (non-hydrogen) atoms. The molecule has 2 N–H and O–H groups in total. The van der Waals surface area contributed by atoms with Crippen molar-refractivity contribution in [3.63, 3.8) is 0 Å². The number of aliphatic hydroxyl groups excluding tert-OH is 1. The predicted octanol–water partition coefficient (Wildman–Crippen LogP) is 4.78. The first-order chi connectivity index (χ1) is 15.9. The molecular formula is C27H45NO6. The summed E-state index contributed by atoms with van der Waals surface area (Å²) in [4.78, 5) is 26.0. The molecule has 194 valence electrons. The smallest absolute Gasteiger partial charge is 0.409 e. The van der Waals surface area contributed by atoms with Gasteiger partial charge in [0.1, 0.15) is 6.10 Å². The van der Waals surface area contributed by atoms with E-state index in [2.05, 4.69) is 6.92 Å². The highest BCUT2D eigenvalue weighted by Crippen LogP contribution is 2.24.